The first kappa shape index (κ1) is 25.0. The molecule has 0 amide bonds. The summed E-state index contributed by atoms with van der Waals surface area (Å²) >= 11 is 6.27. The summed E-state index contributed by atoms with van der Waals surface area (Å²) in [7, 11) is 0. The number of benzene rings is 2. The number of nitrogens with one attached hydrogen (secondary N) is 1. The number of halogens is 3. The van der Waals surface area contributed by atoms with Crippen LogP contribution in [0.25, 0.3) is 16.6 Å². The predicted molar refractivity (Wildman–Crippen MR) is 134 cm³/mol. The second-order valence-corrected chi connectivity index (χ2v) is 8.94. The molecule has 0 spiro atoms. The molecule has 0 saturated carbocycles. The van der Waals surface area contributed by atoms with Gasteiger partial charge < -0.3 is 16.2 Å². The Morgan fingerprint density at radius 2 is 1.89 bits per heavy atom. The minimum atomic E-state index is -1.30. The van der Waals surface area contributed by atoms with Crippen molar-refractivity contribution in [3.63, 3.8) is 0 Å². The summed E-state index contributed by atoms with van der Waals surface area (Å²) in [4.78, 5) is 26.3. The molecule has 0 aliphatic heterocycles. The van der Waals surface area contributed by atoms with Crippen LogP contribution in [-0.2, 0) is 0 Å². The van der Waals surface area contributed by atoms with Crippen LogP contribution in [0.15, 0.2) is 47.5 Å². The van der Waals surface area contributed by atoms with Crippen LogP contribution in [0.4, 0.5) is 20.4 Å². The highest BCUT2D eigenvalue weighted by Gasteiger charge is 2.22. The number of hydrogen-bond donors (Lipinski definition) is 3. The summed E-state index contributed by atoms with van der Waals surface area (Å²) in [6, 6.07) is 6.78. The fourth-order valence-corrected chi connectivity index (χ4v) is 3.78. The highest BCUT2D eigenvalue weighted by molar-refractivity contribution is 6.35. The standard InChI is InChI=1S/C25H21ClF2N6O2/c1-13(32-22-17(7-8-25(2,3)36)21(29)30-12-31-22)23-33-19-6-4-5-18(26)20(19)24(35)34(23)16-10-14(27)9-15(28)11-16/h4-6,9-13,36H,1-3H3,(H3,29,30,31,32). The molecule has 1 unspecified atom stereocenters. The SMILES string of the molecule is CC(Nc1ncnc(N)c1C#CC(C)(C)O)c1nc2cccc(Cl)c2c(=O)n1-c1cc(F)cc(F)c1. The highest BCUT2D eigenvalue weighted by atomic mass is 35.5. The van der Waals surface area contributed by atoms with E-state index in [4.69, 9.17) is 17.3 Å². The molecule has 2 aromatic heterocycles. The number of rotatable bonds is 4. The quantitative estimate of drug-likeness (QED) is 0.355. The van der Waals surface area contributed by atoms with Crippen LogP contribution >= 0.6 is 11.6 Å². The van der Waals surface area contributed by atoms with Gasteiger partial charge in [0.25, 0.3) is 5.56 Å². The van der Waals surface area contributed by atoms with Crippen molar-refractivity contribution in [1.29, 1.82) is 0 Å². The van der Waals surface area contributed by atoms with Crippen molar-refractivity contribution in [1.82, 2.24) is 19.5 Å². The zero-order valence-electron chi connectivity index (χ0n) is 19.5. The van der Waals surface area contributed by atoms with Crippen LogP contribution in [0.3, 0.4) is 0 Å². The van der Waals surface area contributed by atoms with Gasteiger partial charge in [-0.05, 0) is 45.0 Å². The van der Waals surface area contributed by atoms with E-state index in [0.717, 1.165) is 16.7 Å². The van der Waals surface area contributed by atoms with Gasteiger partial charge in [0.05, 0.1) is 27.7 Å². The number of aromatic nitrogens is 4. The van der Waals surface area contributed by atoms with Crippen LogP contribution in [0, 0.1) is 23.5 Å². The van der Waals surface area contributed by atoms with Gasteiger partial charge in [-0.2, -0.15) is 0 Å². The van der Waals surface area contributed by atoms with Crippen LogP contribution in [0.5, 0.6) is 0 Å². The molecule has 0 aliphatic carbocycles. The number of nitrogen functional groups attached to an aromatic ring is 1. The van der Waals surface area contributed by atoms with Crippen molar-refractivity contribution >= 4 is 34.1 Å². The van der Waals surface area contributed by atoms with Crippen LogP contribution in [-0.4, -0.2) is 30.2 Å². The number of aliphatic hydroxyl groups is 1. The summed E-state index contributed by atoms with van der Waals surface area (Å²) in [6.45, 7) is 4.70. The van der Waals surface area contributed by atoms with Crippen LogP contribution in [0.1, 0.15) is 38.2 Å². The minimum Gasteiger partial charge on any atom is -0.382 e. The average molecular weight is 511 g/mol. The normalized spacial score (nSPS) is 12.2. The Morgan fingerprint density at radius 3 is 2.56 bits per heavy atom. The maximum Gasteiger partial charge on any atom is 0.267 e. The van der Waals surface area contributed by atoms with Gasteiger partial charge in [0, 0.05) is 6.07 Å². The van der Waals surface area contributed by atoms with E-state index in [1.807, 2.05) is 0 Å². The Hall–Kier alpha value is -4.07. The second kappa shape index (κ2) is 9.53. The minimum absolute atomic E-state index is 0.0688. The molecule has 0 fully saturated rings. The van der Waals surface area contributed by atoms with E-state index in [0.29, 0.717) is 11.6 Å². The van der Waals surface area contributed by atoms with Crippen molar-refractivity contribution in [2.24, 2.45) is 0 Å². The Bertz CT molecular complexity index is 1580. The Kier molecular flexibility index (Phi) is 6.63. The van der Waals surface area contributed by atoms with Crippen LogP contribution in [0.2, 0.25) is 5.02 Å². The van der Waals surface area contributed by atoms with Crippen molar-refractivity contribution in [3.8, 4) is 17.5 Å². The Labute approximate surface area is 209 Å². The molecular weight excluding hydrogens is 490 g/mol. The van der Waals surface area contributed by atoms with Gasteiger partial charge in [-0.15, -0.1) is 0 Å². The first-order valence-electron chi connectivity index (χ1n) is 10.7. The lowest BCUT2D eigenvalue weighted by atomic mass is 10.1. The zero-order valence-corrected chi connectivity index (χ0v) is 20.2. The average Bonchev–Trinajstić information content (AvgIpc) is 2.77. The molecule has 1 atom stereocenters. The number of fused-ring (bicyclic) bond motifs is 1. The predicted octanol–water partition coefficient (Wildman–Crippen LogP) is 3.99. The fourth-order valence-electron chi connectivity index (χ4n) is 3.53. The van der Waals surface area contributed by atoms with Gasteiger partial charge in [-0.3, -0.25) is 9.36 Å². The third-order valence-electron chi connectivity index (χ3n) is 5.09. The molecule has 8 nitrogen and oxygen atoms in total. The molecule has 2 aromatic carbocycles. The molecule has 11 heteroatoms. The Morgan fingerprint density at radius 1 is 1.19 bits per heavy atom. The smallest absolute Gasteiger partial charge is 0.267 e. The van der Waals surface area contributed by atoms with Gasteiger partial charge in [-0.25, -0.2) is 23.7 Å². The van der Waals surface area contributed by atoms with E-state index in [2.05, 4.69) is 32.1 Å². The Balaban J connectivity index is 1.92. The van der Waals surface area contributed by atoms with E-state index < -0.39 is 28.8 Å². The monoisotopic (exact) mass is 510 g/mol. The van der Waals surface area contributed by atoms with Gasteiger partial charge in [0.2, 0.25) is 0 Å². The molecule has 2 heterocycles. The van der Waals surface area contributed by atoms with Gasteiger partial charge in [-0.1, -0.05) is 29.5 Å². The molecule has 4 aromatic rings. The van der Waals surface area contributed by atoms with Gasteiger partial charge >= 0.3 is 0 Å². The first-order valence-corrected chi connectivity index (χ1v) is 11.1. The number of hydrogen-bond acceptors (Lipinski definition) is 7. The molecule has 184 valence electrons. The summed E-state index contributed by atoms with van der Waals surface area (Å²) < 4.78 is 29.3. The highest BCUT2D eigenvalue weighted by Crippen LogP contribution is 2.26. The molecule has 0 bridgehead atoms. The second-order valence-electron chi connectivity index (χ2n) is 8.53. The molecule has 4 rings (SSSR count). The van der Waals surface area contributed by atoms with Crippen molar-refractivity contribution in [2.45, 2.75) is 32.4 Å². The zero-order chi connectivity index (χ0) is 26.2. The molecule has 4 N–H and O–H groups in total. The molecule has 0 radical (unpaired) electrons. The summed E-state index contributed by atoms with van der Waals surface area (Å²) in [5.41, 5.74) is 4.54. The van der Waals surface area contributed by atoms with E-state index in [-0.39, 0.29) is 39.1 Å². The third-order valence-corrected chi connectivity index (χ3v) is 5.40. The van der Waals surface area contributed by atoms with E-state index in [1.54, 1.807) is 19.1 Å². The number of nitrogens with zero attached hydrogens (tertiary/aromatic N) is 4. The number of nitrogens with two attached hydrogens (primary N) is 1. The third kappa shape index (κ3) is 5.12. The van der Waals surface area contributed by atoms with Crippen LogP contribution < -0.4 is 16.6 Å². The van der Waals surface area contributed by atoms with Crippen molar-refractivity contribution in [3.05, 3.63) is 81.1 Å². The molecule has 0 aliphatic rings. The van der Waals surface area contributed by atoms with Gasteiger partial charge in [0.1, 0.15) is 46.6 Å². The molecule has 0 saturated heterocycles. The lowest BCUT2D eigenvalue weighted by Crippen LogP contribution is -2.28. The lowest BCUT2D eigenvalue weighted by Gasteiger charge is -2.21. The van der Waals surface area contributed by atoms with E-state index >= 15 is 0 Å². The molecular formula is C25H21ClF2N6O2. The maximum atomic E-state index is 14.1. The van der Waals surface area contributed by atoms with Gasteiger partial charge in [0.15, 0.2) is 0 Å². The topological polar surface area (TPSA) is 119 Å². The fraction of sp³-hybridized carbons (Fsp3) is 0.200. The largest absolute Gasteiger partial charge is 0.382 e. The summed E-state index contributed by atoms with van der Waals surface area (Å²) in [5.74, 6) is 4.10. The van der Waals surface area contributed by atoms with Crippen molar-refractivity contribution in [2.75, 3.05) is 11.1 Å². The van der Waals surface area contributed by atoms with E-state index in [1.165, 1.54) is 26.2 Å². The number of anilines is 2. The summed E-state index contributed by atoms with van der Waals surface area (Å²) in [6.07, 6.45) is 1.22. The molecule has 36 heavy (non-hydrogen) atoms. The van der Waals surface area contributed by atoms with Crippen molar-refractivity contribution < 1.29 is 13.9 Å². The lowest BCUT2D eigenvalue weighted by molar-refractivity contribution is 0.143. The van der Waals surface area contributed by atoms with E-state index in [9.17, 15) is 18.7 Å². The summed E-state index contributed by atoms with van der Waals surface area (Å²) in [5, 5.41) is 13.3. The first-order chi connectivity index (χ1) is 16.9. The maximum absolute atomic E-state index is 14.1.